The average Bonchev–Trinajstić information content (AvgIpc) is 3.72. The Hall–Kier alpha value is -1.23. The zero-order chi connectivity index (χ0) is 35.2. The van der Waals surface area contributed by atoms with Crippen LogP contribution in [0.25, 0.3) is 11.1 Å². The molecule has 50 heavy (non-hydrogen) atoms. The van der Waals surface area contributed by atoms with Gasteiger partial charge >= 0.3 is 75.3 Å². The van der Waals surface area contributed by atoms with E-state index in [4.69, 9.17) is 0 Å². The minimum absolute atomic E-state index is 0. The number of phenols is 2. The standard InChI is InChI=1S/C13H22OSi.C12H10O.2C5H5.2C3H6.4ClH.2Ti/c1-10-7-11(14)9-12(8-10)15(5,6)13(2,3)4;13-12-8-4-7-11(9-12)10-5-2-1-3-6-10;2*1-2-4-5-3-1;2*1-3-2;;;;;;/h7-9,14H,1-6H3;1-9,13H;2*1-3H,4H2;2*1-2H3;4*1H;;/q;;2*-1;;;;;;;2*+1. The van der Waals surface area contributed by atoms with Crippen molar-refractivity contribution >= 4 is 70.5 Å². The molecule has 0 bridgehead atoms. The molecule has 0 atom stereocenters. The summed E-state index contributed by atoms with van der Waals surface area (Å²) in [5.74, 6) is 0.705. The Morgan fingerprint density at radius 2 is 1.08 bits per heavy atom. The number of aromatic hydroxyl groups is 2. The Morgan fingerprint density at radius 1 is 0.640 bits per heavy atom. The molecule has 2 N–H and O–H groups in total. The minimum atomic E-state index is -1.50. The summed E-state index contributed by atoms with van der Waals surface area (Å²) in [6.45, 7) is 22.0. The normalized spacial score (nSPS) is 11.1. The first-order valence-corrected chi connectivity index (χ1v) is 20.2. The molecule has 2 nitrogen and oxygen atoms in total. The van der Waals surface area contributed by atoms with Crippen molar-refractivity contribution in [3.05, 3.63) is 127 Å². The van der Waals surface area contributed by atoms with Crippen LogP contribution in [0, 0.1) is 19.1 Å². The fraction of sp³-hybridized carbons (Fsp3) is 0.317. The van der Waals surface area contributed by atoms with Gasteiger partial charge in [0.1, 0.15) is 11.5 Å². The van der Waals surface area contributed by atoms with Gasteiger partial charge in [-0.3, -0.25) is 12.2 Å². The van der Waals surface area contributed by atoms with E-state index in [-0.39, 0.29) is 49.6 Å². The molecular weight excluding hydrogens is 790 g/mol. The summed E-state index contributed by atoms with van der Waals surface area (Å²) in [5, 5.41) is 20.6. The number of benzene rings is 3. The zero-order valence-corrected chi connectivity index (χ0v) is 38.7. The molecule has 2 aliphatic rings. The van der Waals surface area contributed by atoms with Crippen molar-refractivity contribution in [2.75, 3.05) is 0 Å². The predicted molar refractivity (Wildman–Crippen MR) is 228 cm³/mol. The molecule has 5 rings (SSSR count). The Morgan fingerprint density at radius 3 is 1.40 bits per heavy atom. The Balaban J connectivity index is -0.000000174. The van der Waals surface area contributed by atoms with Crippen LogP contribution < -0.4 is 5.19 Å². The molecule has 274 valence electrons. The van der Waals surface area contributed by atoms with Crippen LogP contribution in [0.1, 0.15) is 66.9 Å². The summed E-state index contributed by atoms with van der Waals surface area (Å²) in [5.41, 5.74) is 3.31. The predicted octanol–water partition coefficient (Wildman–Crippen LogP) is 12.3. The number of rotatable bonds is 2. The third kappa shape index (κ3) is 29.4. The second kappa shape index (κ2) is 32.4. The van der Waals surface area contributed by atoms with E-state index in [0.717, 1.165) is 29.5 Å². The summed E-state index contributed by atoms with van der Waals surface area (Å²) in [6, 6.07) is 23.2. The third-order valence-corrected chi connectivity index (χ3v) is 12.3. The summed E-state index contributed by atoms with van der Waals surface area (Å²) in [7, 11) is -1.50. The van der Waals surface area contributed by atoms with Crippen LogP contribution in [0.5, 0.6) is 11.5 Å². The van der Waals surface area contributed by atoms with E-state index in [2.05, 4.69) is 132 Å². The molecular formula is C41H58Cl4O2SiTi2. The van der Waals surface area contributed by atoms with Gasteiger partial charge < -0.3 is 10.2 Å². The number of allylic oxidation sites excluding steroid dienone is 8. The monoisotopic (exact) mass is 846 g/mol. The van der Waals surface area contributed by atoms with Crippen LogP contribution in [-0.4, -0.2) is 25.9 Å². The van der Waals surface area contributed by atoms with E-state index < -0.39 is 8.07 Å². The van der Waals surface area contributed by atoms with Gasteiger partial charge in [-0.1, -0.05) is 87.6 Å². The zero-order valence-electron chi connectivity index (χ0n) is 31.3. The van der Waals surface area contributed by atoms with Crippen molar-refractivity contribution in [1.29, 1.82) is 0 Å². The second-order valence-electron chi connectivity index (χ2n) is 12.9. The first kappa shape index (κ1) is 58.1. The molecule has 0 spiro atoms. The molecule has 0 fully saturated rings. The molecule has 0 radical (unpaired) electrons. The van der Waals surface area contributed by atoms with Crippen molar-refractivity contribution in [1.82, 2.24) is 0 Å². The van der Waals surface area contributed by atoms with Gasteiger partial charge in [-0.15, -0.1) is 62.5 Å². The summed E-state index contributed by atoms with van der Waals surface area (Å²) in [6.07, 6.45) is 20.0. The average molecular weight is 849 g/mol. The van der Waals surface area contributed by atoms with Gasteiger partial charge in [0, 0.05) is 0 Å². The van der Waals surface area contributed by atoms with Crippen LogP contribution in [0.2, 0.25) is 18.1 Å². The molecule has 2 aliphatic carbocycles. The summed E-state index contributed by atoms with van der Waals surface area (Å²) in [4.78, 5) is 0. The summed E-state index contributed by atoms with van der Waals surface area (Å²) < 4.78 is 2.83. The van der Waals surface area contributed by atoms with Crippen LogP contribution in [0.4, 0.5) is 0 Å². The van der Waals surface area contributed by atoms with Gasteiger partial charge in [-0.25, -0.2) is 24.3 Å². The fourth-order valence-electron chi connectivity index (χ4n) is 3.55. The van der Waals surface area contributed by atoms with E-state index in [1.807, 2.05) is 85.8 Å². The Bertz CT molecular complexity index is 1380. The topological polar surface area (TPSA) is 40.5 Å². The Labute approximate surface area is 353 Å². The molecule has 0 aliphatic heterocycles. The smallest absolute Gasteiger partial charge is 0.116 e. The van der Waals surface area contributed by atoms with Gasteiger partial charge in [0.05, 0.1) is 8.07 Å². The molecule has 0 aromatic heterocycles. The van der Waals surface area contributed by atoms with Gasteiger partial charge in [0.2, 0.25) is 0 Å². The van der Waals surface area contributed by atoms with Crippen LogP contribution >= 0.6 is 49.6 Å². The molecule has 0 unspecified atom stereocenters. The second-order valence-corrected chi connectivity index (χ2v) is 21.3. The van der Waals surface area contributed by atoms with E-state index in [0.29, 0.717) is 16.5 Å². The molecule has 0 heterocycles. The van der Waals surface area contributed by atoms with Gasteiger partial charge in [0.25, 0.3) is 0 Å². The maximum Gasteiger partial charge on any atom is 0.116 e. The number of halogens is 4. The van der Waals surface area contributed by atoms with Gasteiger partial charge in [-0.2, -0.15) is 12.2 Å². The summed E-state index contributed by atoms with van der Waals surface area (Å²) >= 11 is 4.17. The number of hydrogen-bond donors (Lipinski definition) is 2. The number of phenolic OH excluding ortho intramolecular Hbond substituents is 2. The van der Waals surface area contributed by atoms with Crippen molar-refractivity contribution in [2.45, 2.75) is 86.4 Å². The molecule has 0 amide bonds. The van der Waals surface area contributed by atoms with Crippen LogP contribution in [0.15, 0.2) is 109 Å². The van der Waals surface area contributed by atoms with Crippen molar-refractivity contribution in [3.8, 4) is 22.6 Å². The molecule has 9 heteroatoms. The van der Waals surface area contributed by atoms with E-state index in [1.54, 1.807) is 12.1 Å². The van der Waals surface area contributed by atoms with Gasteiger partial charge in [0.15, 0.2) is 0 Å². The largest absolute Gasteiger partial charge is 0.508 e. The first-order valence-electron chi connectivity index (χ1n) is 15.6. The molecule has 3 aromatic rings. The van der Waals surface area contributed by atoms with E-state index in [1.165, 1.54) is 12.8 Å². The maximum absolute atomic E-state index is 9.65. The van der Waals surface area contributed by atoms with Gasteiger partial charge in [-0.05, 0) is 52.9 Å². The van der Waals surface area contributed by atoms with Crippen LogP contribution in [0.3, 0.4) is 0 Å². The van der Waals surface area contributed by atoms with Crippen molar-refractivity contribution in [3.63, 3.8) is 0 Å². The maximum atomic E-state index is 9.65. The van der Waals surface area contributed by atoms with E-state index in [9.17, 15) is 10.2 Å². The molecule has 0 saturated carbocycles. The number of hydrogen-bond acceptors (Lipinski definition) is 2. The molecule has 3 aromatic carbocycles. The quantitative estimate of drug-likeness (QED) is 0.199. The third-order valence-electron chi connectivity index (χ3n) is 6.78. The fourth-order valence-corrected chi connectivity index (χ4v) is 5.52. The number of aryl methyl sites for hydroxylation is 1. The van der Waals surface area contributed by atoms with E-state index >= 15 is 0 Å². The first-order chi connectivity index (χ1) is 21.5. The van der Waals surface area contributed by atoms with Crippen LogP contribution in [-0.2, 0) is 39.9 Å². The SMILES string of the molecule is C[C](C)=[Ti+].C[C](C)=[Ti+].Cc1cc(O)cc([Si](C)(C)C(C)(C)C)c1.Cl.Cl.Cl.Cl.Oc1cccc(-c2ccccc2)c1.[C-]1=CC=CC1.[C-]1=CC=CC1. The molecule has 0 saturated heterocycles. The Kier molecular flexibility index (Phi) is 37.7. The van der Waals surface area contributed by atoms with Crippen molar-refractivity contribution < 1.29 is 50.2 Å². The minimum Gasteiger partial charge on any atom is -0.508 e. The van der Waals surface area contributed by atoms with Crippen molar-refractivity contribution in [2.24, 2.45) is 0 Å².